The van der Waals surface area contributed by atoms with Crippen molar-refractivity contribution < 1.29 is 9.47 Å². The van der Waals surface area contributed by atoms with Crippen LogP contribution in [0.15, 0.2) is 18.2 Å². The first kappa shape index (κ1) is 15.3. The van der Waals surface area contributed by atoms with Gasteiger partial charge in [0, 0.05) is 32.4 Å². The minimum Gasteiger partial charge on any atom is -0.496 e. The van der Waals surface area contributed by atoms with E-state index in [1.807, 2.05) is 0 Å². The van der Waals surface area contributed by atoms with Crippen LogP contribution in [-0.4, -0.2) is 38.8 Å². The molecule has 1 fully saturated rings. The predicted molar refractivity (Wildman–Crippen MR) is 80.8 cm³/mol. The summed E-state index contributed by atoms with van der Waals surface area (Å²) in [6.07, 6.45) is 2.46. The van der Waals surface area contributed by atoms with Crippen LogP contribution in [-0.2, 0) is 17.8 Å². The van der Waals surface area contributed by atoms with Gasteiger partial charge in [-0.25, -0.2) is 0 Å². The molecule has 0 radical (unpaired) electrons. The number of nitrogens with two attached hydrogens (primary N) is 1. The average molecular weight is 278 g/mol. The molecule has 1 saturated heterocycles. The lowest BCUT2D eigenvalue weighted by atomic mass is 9.97. The number of ether oxygens (including phenoxy) is 2. The van der Waals surface area contributed by atoms with Crippen LogP contribution in [0.4, 0.5) is 0 Å². The standard InChI is InChI=1S/C16H26N2O2/c1-19-12-13-5-7-18(8-6-13)11-14-3-4-15(10-17)16(9-14)20-2/h3-4,9,13H,5-8,10-12,17H2,1-2H3. The van der Waals surface area contributed by atoms with Crippen LogP contribution >= 0.6 is 0 Å². The van der Waals surface area contributed by atoms with Crippen molar-refractivity contribution in [1.29, 1.82) is 0 Å². The molecule has 1 aliphatic rings. The van der Waals surface area contributed by atoms with Crippen molar-refractivity contribution in [3.05, 3.63) is 29.3 Å². The number of nitrogens with zero attached hydrogens (tertiary/aromatic N) is 1. The molecule has 112 valence electrons. The molecule has 4 nitrogen and oxygen atoms in total. The zero-order valence-corrected chi connectivity index (χ0v) is 12.6. The third-order valence-electron chi connectivity index (χ3n) is 4.09. The number of methoxy groups -OCH3 is 2. The number of likely N-dealkylation sites (tertiary alicyclic amines) is 1. The Labute approximate surface area is 121 Å². The molecule has 1 aliphatic heterocycles. The minimum absolute atomic E-state index is 0.520. The molecule has 0 bridgehead atoms. The summed E-state index contributed by atoms with van der Waals surface area (Å²) in [4.78, 5) is 2.50. The van der Waals surface area contributed by atoms with Gasteiger partial charge in [-0.1, -0.05) is 12.1 Å². The average Bonchev–Trinajstić information content (AvgIpc) is 2.49. The van der Waals surface area contributed by atoms with E-state index >= 15 is 0 Å². The summed E-state index contributed by atoms with van der Waals surface area (Å²) in [7, 11) is 3.49. The maximum atomic E-state index is 5.70. The van der Waals surface area contributed by atoms with E-state index < -0.39 is 0 Å². The Hall–Kier alpha value is -1.10. The van der Waals surface area contributed by atoms with Gasteiger partial charge in [0.2, 0.25) is 0 Å². The van der Waals surface area contributed by atoms with Crippen LogP contribution in [0.25, 0.3) is 0 Å². The zero-order chi connectivity index (χ0) is 14.4. The van der Waals surface area contributed by atoms with E-state index in [1.54, 1.807) is 14.2 Å². The number of benzene rings is 1. The monoisotopic (exact) mass is 278 g/mol. The lowest BCUT2D eigenvalue weighted by Crippen LogP contribution is -2.34. The molecule has 2 rings (SSSR count). The maximum Gasteiger partial charge on any atom is 0.123 e. The fourth-order valence-electron chi connectivity index (χ4n) is 2.86. The highest BCUT2D eigenvalue weighted by Gasteiger charge is 2.19. The highest BCUT2D eigenvalue weighted by molar-refractivity contribution is 5.37. The maximum absolute atomic E-state index is 5.70. The predicted octanol–water partition coefficient (Wildman–Crippen LogP) is 2.01. The van der Waals surface area contributed by atoms with Gasteiger partial charge in [-0.3, -0.25) is 4.90 Å². The van der Waals surface area contributed by atoms with Crippen molar-refractivity contribution in [1.82, 2.24) is 4.90 Å². The molecule has 0 spiro atoms. The van der Waals surface area contributed by atoms with Crippen molar-refractivity contribution in [2.45, 2.75) is 25.9 Å². The van der Waals surface area contributed by atoms with Crippen LogP contribution in [0.3, 0.4) is 0 Å². The Bertz CT molecular complexity index is 415. The Morgan fingerprint density at radius 3 is 2.60 bits per heavy atom. The first-order chi connectivity index (χ1) is 9.76. The summed E-state index contributed by atoms with van der Waals surface area (Å²) in [6, 6.07) is 6.35. The topological polar surface area (TPSA) is 47.7 Å². The van der Waals surface area contributed by atoms with E-state index in [2.05, 4.69) is 23.1 Å². The summed E-state index contributed by atoms with van der Waals surface area (Å²) in [6.45, 7) is 4.70. The molecule has 0 atom stereocenters. The van der Waals surface area contributed by atoms with Gasteiger partial charge in [-0.2, -0.15) is 0 Å². The Balaban J connectivity index is 1.91. The third kappa shape index (κ3) is 3.95. The van der Waals surface area contributed by atoms with Crippen LogP contribution in [0.1, 0.15) is 24.0 Å². The van der Waals surface area contributed by atoms with Gasteiger partial charge in [0.25, 0.3) is 0 Å². The van der Waals surface area contributed by atoms with Gasteiger partial charge >= 0.3 is 0 Å². The Morgan fingerprint density at radius 1 is 1.25 bits per heavy atom. The van der Waals surface area contributed by atoms with E-state index in [-0.39, 0.29) is 0 Å². The Kier molecular flexibility index (Phi) is 5.83. The van der Waals surface area contributed by atoms with E-state index in [9.17, 15) is 0 Å². The molecular formula is C16H26N2O2. The molecule has 2 N–H and O–H groups in total. The molecule has 20 heavy (non-hydrogen) atoms. The number of rotatable bonds is 6. The van der Waals surface area contributed by atoms with Crippen LogP contribution < -0.4 is 10.5 Å². The van der Waals surface area contributed by atoms with E-state index in [0.29, 0.717) is 6.54 Å². The lowest BCUT2D eigenvalue weighted by molar-refractivity contribution is 0.0968. The fourth-order valence-corrected chi connectivity index (χ4v) is 2.86. The zero-order valence-electron chi connectivity index (χ0n) is 12.6. The first-order valence-corrected chi connectivity index (χ1v) is 7.34. The third-order valence-corrected chi connectivity index (χ3v) is 4.09. The molecular weight excluding hydrogens is 252 g/mol. The van der Waals surface area contributed by atoms with Crippen molar-refractivity contribution in [2.75, 3.05) is 33.9 Å². The first-order valence-electron chi connectivity index (χ1n) is 7.34. The molecule has 1 heterocycles. The second kappa shape index (κ2) is 7.62. The number of hydrogen-bond donors (Lipinski definition) is 1. The molecule has 1 aromatic rings. The summed E-state index contributed by atoms with van der Waals surface area (Å²) < 4.78 is 10.6. The van der Waals surface area contributed by atoms with Gasteiger partial charge in [-0.15, -0.1) is 0 Å². The van der Waals surface area contributed by atoms with Gasteiger partial charge in [0.05, 0.1) is 7.11 Å². The molecule has 0 amide bonds. The lowest BCUT2D eigenvalue weighted by Gasteiger charge is -2.31. The van der Waals surface area contributed by atoms with Crippen LogP contribution in [0.2, 0.25) is 0 Å². The molecule has 0 saturated carbocycles. The largest absolute Gasteiger partial charge is 0.496 e. The second-order valence-corrected chi connectivity index (χ2v) is 5.53. The summed E-state index contributed by atoms with van der Waals surface area (Å²) in [5.41, 5.74) is 8.06. The van der Waals surface area contributed by atoms with E-state index in [1.165, 1.54) is 18.4 Å². The van der Waals surface area contributed by atoms with Crippen molar-refractivity contribution in [2.24, 2.45) is 11.7 Å². The fraction of sp³-hybridized carbons (Fsp3) is 0.625. The van der Waals surface area contributed by atoms with Crippen molar-refractivity contribution >= 4 is 0 Å². The van der Waals surface area contributed by atoms with E-state index in [0.717, 1.165) is 43.5 Å². The smallest absolute Gasteiger partial charge is 0.123 e. The SMILES string of the molecule is COCC1CCN(Cc2ccc(CN)c(OC)c2)CC1. The Morgan fingerprint density at radius 2 is 2.00 bits per heavy atom. The number of hydrogen-bond acceptors (Lipinski definition) is 4. The summed E-state index contributed by atoms with van der Waals surface area (Å²) in [5, 5.41) is 0. The molecule has 1 aromatic carbocycles. The van der Waals surface area contributed by atoms with Crippen LogP contribution in [0, 0.1) is 5.92 Å². The highest BCUT2D eigenvalue weighted by Crippen LogP contribution is 2.23. The van der Waals surface area contributed by atoms with Gasteiger partial charge < -0.3 is 15.2 Å². The van der Waals surface area contributed by atoms with E-state index in [4.69, 9.17) is 15.2 Å². The molecule has 4 heteroatoms. The summed E-state index contributed by atoms with van der Waals surface area (Å²) in [5.74, 6) is 1.63. The molecule has 0 aliphatic carbocycles. The number of piperidine rings is 1. The van der Waals surface area contributed by atoms with Gasteiger partial charge in [0.15, 0.2) is 0 Å². The van der Waals surface area contributed by atoms with Gasteiger partial charge in [0.1, 0.15) is 5.75 Å². The van der Waals surface area contributed by atoms with Crippen LogP contribution in [0.5, 0.6) is 5.75 Å². The van der Waals surface area contributed by atoms with Gasteiger partial charge in [-0.05, 0) is 43.5 Å². The molecule has 0 aromatic heterocycles. The second-order valence-electron chi connectivity index (χ2n) is 5.53. The quantitative estimate of drug-likeness (QED) is 0.865. The summed E-state index contributed by atoms with van der Waals surface area (Å²) >= 11 is 0. The van der Waals surface area contributed by atoms with Crippen molar-refractivity contribution in [3.63, 3.8) is 0 Å². The molecule has 0 unspecified atom stereocenters. The highest BCUT2D eigenvalue weighted by atomic mass is 16.5. The normalized spacial score (nSPS) is 17.4. The minimum atomic E-state index is 0.520. The van der Waals surface area contributed by atoms with Crippen molar-refractivity contribution in [3.8, 4) is 5.75 Å².